The number of aromatic nitrogens is 3. The largest absolute Gasteiger partial charge is 0.350 e. The van der Waals surface area contributed by atoms with Gasteiger partial charge in [0, 0.05) is 24.9 Å². The van der Waals surface area contributed by atoms with Crippen molar-refractivity contribution in [1.29, 1.82) is 0 Å². The second-order valence-corrected chi connectivity index (χ2v) is 5.37. The lowest BCUT2D eigenvalue weighted by Crippen LogP contribution is -2.52. The molecule has 18 heavy (non-hydrogen) atoms. The summed E-state index contributed by atoms with van der Waals surface area (Å²) in [6.45, 7) is 6.67. The van der Waals surface area contributed by atoms with E-state index in [9.17, 15) is 4.79 Å². The molecule has 6 nitrogen and oxygen atoms in total. The van der Waals surface area contributed by atoms with Crippen molar-refractivity contribution in [3.05, 3.63) is 11.9 Å². The Morgan fingerprint density at radius 1 is 1.61 bits per heavy atom. The van der Waals surface area contributed by atoms with Gasteiger partial charge < -0.3 is 11.1 Å². The fourth-order valence-electron chi connectivity index (χ4n) is 2.07. The van der Waals surface area contributed by atoms with Gasteiger partial charge in [-0.2, -0.15) is 15.4 Å². The molecular weight excluding hydrogens is 230 g/mol. The van der Waals surface area contributed by atoms with E-state index in [-0.39, 0.29) is 11.4 Å². The Bertz CT molecular complexity index is 363. The minimum atomic E-state index is -0.324. The SMILES string of the molecule is CC(C)CC(C)(CN)NC(=O)CCc1cn[nH]n1. The van der Waals surface area contributed by atoms with Crippen LogP contribution < -0.4 is 11.1 Å². The molecule has 1 aromatic heterocycles. The highest BCUT2D eigenvalue weighted by Gasteiger charge is 2.25. The number of carbonyl (C=O) groups excluding carboxylic acids is 1. The summed E-state index contributed by atoms with van der Waals surface area (Å²) in [5.74, 6) is 0.501. The van der Waals surface area contributed by atoms with Crippen LogP contribution in [0.4, 0.5) is 0 Å². The fraction of sp³-hybridized carbons (Fsp3) is 0.750. The molecule has 0 saturated carbocycles. The lowest BCUT2D eigenvalue weighted by molar-refractivity contribution is -0.122. The monoisotopic (exact) mass is 253 g/mol. The molecule has 6 heteroatoms. The van der Waals surface area contributed by atoms with Crippen LogP contribution in [0.3, 0.4) is 0 Å². The first-order valence-corrected chi connectivity index (χ1v) is 6.31. The van der Waals surface area contributed by atoms with Gasteiger partial charge >= 0.3 is 0 Å². The van der Waals surface area contributed by atoms with Gasteiger partial charge in [-0.1, -0.05) is 13.8 Å². The number of nitrogens with one attached hydrogen (secondary N) is 2. The van der Waals surface area contributed by atoms with Crippen LogP contribution in [0.5, 0.6) is 0 Å². The van der Waals surface area contributed by atoms with E-state index >= 15 is 0 Å². The number of rotatable bonds is 7. The Morgan fingerprint density at radius 3 is 2.83 bits per heavy atom. The van der Waals surface area contributed by atoms with Gasteiger partial charge in [0.15, 0.2) is 0 Å². The number of aryl methyl sites for hydroxylation is 1. The van der Waals surface area contributed by atoms with Gasteiger partial charge in [0.05, 0.1) is 11.9 Å². The van der Waals surface area contributed by atoms with Crippen LogP contribution in [-0.2, 0) is 11.2 Å². The second-order valence-electron chi connectivity index (χ2n) is 5.37. The topological polar surface area (TPSA) is 96.7 Å². The first-order valence-electron chi connectivity index (χ1n) is 6.31. The summed E-state index contributed by atoms with van der Waals surface area (Å²) in [7, 11) is 0. The van der Waals surface area contributed by atoms with Crippen LogP contribution in [0.25, 0.3) is 0 Å². The predicted molar refractivity (Wildman–Crippen MR) is 69.8 cm³/mol. The summed E-state index contributed by atoms with van der Waals surface area (Å²) >= 11 is 0. The van der Waals surface area contributed by atoms with Crippen molar-refractivity contribution in [3.8, 4) is 0 Å². The molecule has 102 valence electrons. The van der Waals surface area contributed by atoms with Crippen molar-refractivity contribution in [2.75, 3.05) is 6.54 Å². The molecule has 1 atom stereocenters. The Hall–Kier alpha value is -1.43. The first-order chi connectivity index (χ1) is 8.45. The van der Waals surface area contributed by atoms with E-state index < -0.39 is 0 Å². The lowest BCUT2D eigenvalue weighted by atomic mass is 9.90. The Kier molecular flexibility index (Phi) is 5.27. The van der Waals surface area contributed by atoms with E-state index in [0.29, 0.717) is 25.3 Å². The van der Waals surface area contributed by atoms with Crippen LogP contribution in [0.2, 0.25) is 0 Å². The van der Waals surface area contributed by atoms with E-state index in [0.717, 1.165) is 12.1 Å². The number of hydrogen-bond donors (Lipinski definition) is 3. The summed E-state index contributed by atoms with van der Waals surface area (Å²) in [5.41, 5.74) is 6.22. The third kappa shape index (κ3) is 4.83. The van der Waals surface area contributed by atoms with Gasteiger partial charge in [-0.05, 0) is 19.3 Å². The number of carbonyl (C=O) groups is 1. The van der Waals surface area contributed by atoms with Gasteiger partial charge in [-0.25, -0.2) is 0 Å². The standard InChI is InChI=1S/C12H23N5O/c1-9(2)6-12(3,8-13)15-11(18)5-4-10-7-14-17-16-10/h7,9H,4-6,8,13H2,1-3H3,(H,15,18)(H,14,16,17). The normalized spacial score (nSPS) is 14.5. The fourth-order valence-corrected chi connectivity index (χ4v) is 2.07. The molecule has 1 rings (SSSR count). The van der Waals surface area contributed by atoms with Crippen molar-refractivity contribution in [1.82, 2.24) is 20.7 Å². The molecule has 1 unspecified atom stereocenters. The highest BCUT2D eigenvalue weighted by atomic mass is 16.1. The first kappa shape index (κ1) is 14.6. The van der Waals surface area contributed by atoms with E-state index in [2.05, 4.69) is 34.6 Å². The minimum absolute atomic E-state index is 0.00611. The number of hydrogen-bond acceptors (Lipinski definition) is 4. The van der Waals surface area contributed by atoms with Gasteiger partial charge in [0.25, 0.3) is 0 Å². The van der Waals surface area contributed by atoms with E-state index in [1.54, 1.807) is 6.20 Å². The van der Waals surface area contributed by atoms with Crippen molar-refractivity contribution >= 4 is 5.91 Å². The number of H-pyrrole nitrogens is 1. The Labute approximate surface area is 108 Å². The molecule has 4 N–H and O–H groups in total. The molecule has 0 aliphatic heterocycles. The zero-order chi connectivity index (χ0) is 13.6. The molecule has 0 fully saturated rings. The zero-order valence-corrected chi connectivity index (χ0v) is 11.4. The molecule has 1 aromatic rings. The summed E-state index contributed by atoms with van der Waals surface area (Å²) in [6, 6.07) is 0. The van der Waals surface area contributed by atoms with Gasteiger partial charge in [0.2, 0.25) is 5.91 Å². The lowest BCUT2D eigenvalue weighted by Gasteiger charge is -2.31. The van der Waals surface area contributed by atoms with Gasteiger partial charge in [-0.3, -0.25) is 4.79 Å². The molecule has 0 radical (unpaired) electrons. The average Bonchev–Trinajstić information content (AvgIpc) is 2.78. The van der Waals surface area contributed by atoms with Crippen LogP contribution in [0.15, 0.2) is 6.20 Å². The Morgan fingerprint density at radius 2 is 2.33 bits per heavy atom. The van der Waals surface area contributed by atoms with E-state index in [4.69, 9.17) is 5.73 Å². The maximum atomic E-state index is 11.9. The predicted octanol–water partition coefficient (Wildman–Crippen LogP) is 0.617. The van der Waals surface area contributed by atoms with Crippen LogP contribution in [0, 0.1) is 5.92 Å². The van der Waals surface area contributed by atoms with Crippen LogP contribution in [0.1, 0.15) is 39.3 Å². The van der Waals surface area contributed by atoms with E-state index in [1.165, 1.54) is 0 Å². The van der Waals surface area contributed by atoms with Crippen molar-refractivity contribution in [3.63, 3.8) is 0 Å². The Balaban J connectivity index is 2.42. The summed E-state index contributed by atoms with van der Waals surface area (Å²) in [6.07, 6.45) is 3.49. The van der Waals surface area contributed by atoms with Gasteiger partial charge in [-0.15, -0.1) is 0 Å². The van der Waals surface area contributed by atoms with Crippen molar-refractivity contribution < 1.29 is 4.79 Å². The molecule has 0 aliphatic carbocycles. The summed E-state index contributed by atoms with van der Waals surface area (Å²) in [5, 5.41) is 13.2. The molecule has 0 aromatic carbocycles. The molecule has 0 aliphatic rings. The molecule has 1 amide bonds. The number of aromatic amines is 1. The number of amides is 1. The third-order valence-electron chi connectivity index (χ3n) is 2.82. The molecule has 1 heterocycles. The minimum Gasteiger partial charge on any atom is -0.350 e. The average molecular weight is 253 g/mol. The summed E-state index contributed by atoms with van der Waals surface area (Å²) < 4.78 is 0. The molecule has 0 bridgehead atoms. The van der Waals surface area contributed by atoms with Crippen molar-refractivity contribution in [2.24, 2.45) is 11.7 Å². The second kappa shape index (κ2) is 6.49. The highest BCUT2D eigenvalue weighted by molar-refractivity contribution is 5.77. The number of nitrogens with zero attached hydrogens (tertiary/aromatic N) is 2. The number of nitrogens with two attached hydrogens (primary N) is 1. The smallest absolute Gasteiger partial charge is 0.220 e. The maximum absolute atomic E-state index is 11.9. The van der Waals surface area contributed by atoms with Crippen molar-refractivity contribution in [2.45, 2.75) is 45.6 Å². The van der Waals surface area contributed by atoms with E-state index in [1.807, 2.05) is 6.92 Å². The molecule has 0 spiro atoms. The highest BCUT2D eigenvalue weighted by Crippen LogP contribution is 2.15. The van der Waals surface area contributed by atoms with Gasteiger partial charge in [0.1, 0.15) is 0 Å². The zero-order valence-electron chi connectivity index (χ0n) is 11.4. The quantitative estimate of drug-likeness (QED) is 0.663. The maximum Gasteiger partial charge on any atom is 0.220 e. The third-order valence-corrected chi connectivity index (χ3v) is 2.82. The summed E-state index contributed by atoms with van der Waals surface area (Å²) in [4.78, 5) is 11.9. The molecule has 0 saturated heterocycles. The molecular formula is C12H23N5O. The van der Waals surface area contributed by atoms with Crippen LogP contribution in [-0.4, -0.2) is 33.4 Å². The van der Waals surface area contributed by atoms with Crippen LogP contribution >= 0.6 is 0 Å².